The number of hydrogen-bond donors (Lipinski definition) is 1. The number of ether oxygens (including phenoxy) is 1. The van der Waals surface area contributed by atoms with Crippen LogP contribution in [0.15, 0.2) is 36.4 Å². The van der Waals surface area contributed by atoms with Gasteiger partial charge in [-0.3, -0.25) is 4.90 Å². The fourth-order valence-corrected chi connectivity index (χ4v) is 3.80. The molecule has 1 aliphatic heterocycles. The van der Waals surface area contributed by atoms with E-state index in [0.29, 0.717) is 27.3 Å². The lowest BCUT2D eigenvalue weighted by molar-refractivity contribution is -0.0319. The third-order valence-corrected chi connectivity index (χ3v) is 5.41. The fraction of sp³-hybridized carbons (Fsp3) is 0.368. The van der Waals surface area contributed by atoms with E-state index in [2.05, 4.69) is 25.7 Å². The molecule has 2 aromatic rings. The molecule has 0 aliphatic carbocycles. The Balaban J connectivity index is 1.99. The van der Waals surface area contributed by atoms with E-state index in [0.717, 1.165) is 11.1 Å². The number of anilines is 1. The molecule has 1 heterocycles. The van der Waals surface area contributed by atoms with E-state index in [1.807, 2.05) is 36.4 Å². The Morgan fingerprint density at radius 2 is 1.64 bits per heavy atom. The first-order valence-corrected chi connectivity index (χ1v) is 9.23. The summed E-state index contributed by atoms with van der Waals surface area (Å²) in [5, 5.41) is 1.57. The van der Waals surface area contributed by atoms with Crippen molar-refractivity contribution in [1.29, 1.82) is 0 Å². The molecule has 134 valence electrons. The topological polar surface area (TPSA) is 38.5 Å². The average Bonchev–Trinajstić information content (AvgIpc) is 2.98. The maximum Gasteiger partial charge on any atom is 0.139 e. The minimum atomic E-state index is -0.242. The summed E-state index contributed by atoms with van der Waals surface area (Å²) >= 11 is 18.8. The van der Waals surface area contributed by atoms with Gasteiger partial charge in [-0.15, -0.1) is 0 Å². The number of nitrogen functional groups attached to an aromatic ring is 1. The minimum absolute atomic E-state index is 0.0972. The van der Waals surface area contributed by atoms with E-state index in [1.54, 1.807) is 0 Å². The molecule has 1 fully saturated rings. The van der Waals surface area contributed by atoms with E-state index in [-0.39, 0.29) is 17.9 Å². The molecule has 2 atom stereocenters. The maximum atomic E-state index is 6.42. The third kappa shape index (κ3) is 3.76. The predicted octanol–water partition coefficient (Wildman–Crippen LogP) is 6.10. The Hall–Kier alpha value is -0.970. The van der Waals surface area contributed by atoms with Gasteiger partial charge in [0.1, 0.15) is 6.23 Å². The highest BCUT2D eigenvalue weighted by Crippen LogP contribution is 2.44. The third-order valence-electron chi connectivity index (χ3n) is 4.44. The lowest BCUT2D eigenvalue weighted by atomic mass is 10.0. The van der Waals surface area contributed by atoms with Gasteiger partial charge in [0.15, 0.2) is 0 Å². The Morgan fingerprint density at radius 1 is 1.04 bits per heavy atom. The number of benzene rings is 2. The second-order valence-electron chi connectivity index (χ2n) is 7.22. The summed E-state index contributed by atoms with van der Waals surface area (Å²) in [5.41, 5.74) is 8.01. The first-order valence-electron chi connectivity index (χ1n) is 8.09. The average molecular weight is 400 g/mol. The van der Waals surface area contributed by atoms with Gasteiger partial charge < -0.3 is 10.5 Å². The van der Waals surface area contributed by atoms with Crippen LogP contribution in [0, 0.1) is 0 Å². The summed E-state index contributed by atoms with van der Waals surface area (Å²) in [4.78, 5) is 2.29. The van der Waals surface area contributed by atoms with Crippen molar-refractivity contribution in [3.8, 4) is 0 Å². The van der Waals surface area contributed by atoms with Crippen molar-refractivity contribution in [2.24, 2.45) is 0 Å². The molecule has 3 rings (SSSR count). The van der Waals surface area contributed by atoms with Gasteiger partial charge in [0.05, 0.1) is 21.8 Å². The smallest absolute Gasteiger partial charge is 0.139 e. The van der Waals surface area contributed by atoms with Gasteiger partial charge in [-0.2, -0.15) is 0 Å². The second kappa shape index (κ2) is 6.98. The molecule has 0 saturated carbocycles. The quantitative estimate of drug-likeness (QED) is 0.620. The SMILES string of the molecule is CC(C)(C)N1CC(c2cc(Cl)c(N)c(Cl)c2)OC1c1ccccc1Cl. The van der Waals surface area contributed by atoms with Crippen molar-refractivity contribution in [3.05, 3.63) is 62.6 Å². The van der Waals surface area contributed by atoms with E-state index in [1.165, 1.54) is 0 Å². The number of hydrogen-bond acceptors (Lipinski definition) is 3. The number of rotatable bonds is 2. The molecule has 0 radical (unpaired) electrons. The molecule has 2 N–H and O–H groups in total. The van der Waals surface area contributed by atoms with Crippen LogP contribution in [0.25, 0.3) is 0 Å². The highest BCUT2D eigenvalue weighted by molar-refractivity contribution is 6.38. The van der Waals surface area contributed by atoms with Crippen molar-refractivity contribution in [3.63, 3.8) is 0 Å². The van der Waals surface area contributed by atoms with Gasteiger partial charge in [0, 0.05) is 22.7 Å². The van der Waals surface area contributed by atoms with Crippen LogP contribution in [0.2, 0.25) is 15.1 Å². The molecule has 6 heteroatoms. The van der Waals surface area contributed by atoms with Gasteiger partial charge >= 0.3 is 0 Å². The van der Waals surface area contributed by atoms with Crippen molar-refractivity contribution in [1.82, 2.24) is 4.90 Å². The van der Waals surface area contributed by atoms with Gasteiger partial charge in [0.25, 0.3) is 0 Å². The monoisotopic (exact) mass is 398 g/mol. The summed E-state index contributed by atoms with van der Waals surface area (Å²) in [7, 11) is 0. The Labute approximate surface area is 163 Å². The summed E-state index contributed by atoms with van der Waals surface area (Å²) in [6.45, 7) is 7.18. The second-order valence-corrected chi connectivity index (χ2v) is 8.44. The lowest BCUT2D eigenvalue weighted by Gasteiger charge is -2.35. The van der Waals surface area contributed by atoms with E-state index in [4.69, 9.17) is 45.3 Å². The van der Waals surface area contributed by atoms with Crippen molar-refractivity contribution in [2.45, 2.75) is 38.6 Å². The van der Waals surface area contributed by atoms with E-state index >= 15 is 0 Å². The van der Waals surface area contributed by atoms with Crippen molar-refractivity contribution < 1.29 is 4.74 Å². The first-order chi connectivity index (χ1) is 11.7. The highest BCUT2D eigenvalue weighted by atomic mass is 35.5. The highest BCUT2D eigenvalue weighted by Gasteiger charge is 2.41. The predicted molar refractivity (Wildman–Crippen MR) is 105 cm³/mol. The largest absolute Gasteiger partial charge is 0.396 e. The molecule has 25 heavy (non-hydrogen) atoms. The van der Waals surface area contributed by atoms with Crippen LogP contribution in [-0.2, 0) is 4.74 Å². The number of nitrogens with zero attached hydrogens (tertiary/aromatic N) is 1. The van der Waals surface area contributed by atoms with Gasteiger partial charge in [-0.1, -0.05) is 53.0 Å². The summed E-state index contributed by atoms with van der Waals surface area (Å²) < 4.78 is 6.39. The zero-order valence-electron chi connectivity index (χ0n) is 14.4. The first kappa shape index (κ1) is 18.8. The molecule has 1 aliphatic rings. The zero-order valence-corrected chi connectivity index (χ0v) is 16.7. The molecular formula is C19H21Cl3N2O. The molecular weight excluding hydrogens is 379 g/mol. The van der Waals surface area contributed by atoms with Crippen LogP contribution >= 0.6 is 34.8 Å². The fourth-order valence-electron chi connectivity index (χ4n) is 3.06. The maximum absolute atomic E-state index is 6.42. The van der Waals surface area contributed by atoms with Gasteiger partial charge in [-0.05, 0) is 44.5 Å². The number of nitrogens with two attached hydrogens (primary N) is 1. The van der Waals surface area contributed by atoms with Crippen LogP contribution in [0.3, 0.4) is 0 Å². The Morgan fingerprint density at radius 3 is 2.20 bits per heavy atom. The van der Waals surface area contributed by atoms with Gasteiger partial charge in [0.2, 0.25) is 0 Å². The molecule has 1 saturated heterocycles. The summed E-state index contributed by atoms with van der Waals surface area (Å²) in [6.07, 6.45) is -0.412. The molecule has 3 nitrogen and oxygen atoms in total. The van der Waals surface area contributed by atoms with Crippen LogP contribution in [0.1, 0.15) is 44.2 Å². The van der Waals surface area contributed by atoms with Gasteiger partial charge in [-0.25, -0.2) is 0 Å². The molecule has 2 aromatic carbocycles. The zero-order chi connectivity index (χ0) is 18.4. The standard InChI is InChI=1S/C19H21Cl3N2O/c1-19(2,3)24-10-16(11-8-14(21)17(23)15(22)9-11)25-18(24)12-6-4-5-7-13(12)20/h4-9,16,18H,10,23H2,1-3H3. The molecule has 0 aromatic heterocycles. The van der Waals surface area contributed by atoms with E-state index in [9.17, 15) is 0 Å². The van der Waals surface area contributed by atoms with Crippen LogP contribution < -0.4 is 5.73 Å². The molecule has 0 amide bonds. The summed E-state index contributed by atoms with van der Waals surface area (Å²) in [6, 6.07) is 11.4. The van der Waals surface area contributed by atoms with Crippen molar-refractivity contribution in [2.75, 3.05) is 12.3 Å². The van der Waals surface area contributed by atoms with Crippen molar-refractivity contribution >= 4 is 40.5 Å². The number of halogens is 3. The molecule has 0 bridgehead atoms. The van der Waals surface area contributed by atoms with Crippen LogP contribution in [0.4, 0.5) is 5.69 Å². The van der Waals surface area contributed by atoms with Crippen LogP contribution in [-0.4, -0.2) is 17.0 Å². The molecule has 2 unspecified atom stereocenters. The minimum Gasteiger partial charge on any atom is -0.396 e. The normalized spacial score (nSPS) is 21.7. The van der Waals surface area contributed by atoms with E-state index < -0.39 is 0 Å². The lowest BCUT2D eigenvalue weighted by Crippen LogP contribution is -2.41. The summed E-state index contributed by atoms with van der Waals surface area (Å²) in [5.74, 6) is 0. The van der Waals surface area contributed by atoms with Crippen LogP contribution in [0.5, 0.6) is 0 Å². The Bertz CT molecular complexity index is 765. The molecule has 0 spiro atoms. The Kier molecular flexibility index (Phi) is 5.25.